The Morgan fingerprint density at radius 2 is 2.00 bits per heavy atom. The number of allylic oxidation sites excluding steroid dienone is 3. The van der Waals surface area contributed by atoms with E-state index < -0.39 is 0 Å². The fourth-order valence-corrected chi connectivity index (χ4v) is 2.13. The highest BCUT2D eigenvalue weighted by Gasteiger charge is 2.13. The van der Waals surface area contributed by atoms with E-state index in [0.29, 0.717) is 0 Å². The monoisotopic (exact) mass is 179 g/mol. The third-order valence-electron chi connectivity index (χ3n) is 2.57. The second-order valence-electron chi connectivity index (χ2n) is 3.90. The van der Waals surface area contributed by atoms with Gasteiger partial charge in [-0.25, -0.2) is 0 Å². The molecule has 1 aliphatic heterocycles. The van der Waals surface area contributed by atoms with Crippen LogP contribution in [0.1, 0.15) is 40.5 Å². The number of nitrogens with zero attached hydrogens (tertiary/aromatic N) is 1. The third kappa shape index (κ3) is 2.36. The van der Waals surface area contributed by atoms with Crippen molar-refractivity contribution in [3.05, 3.63) is 22.9 Å². The van der Waals surface area contributed by atoms with Crippen molar-refractivity contribution in [3.63, 3.8) is 0 Å². The Labute approximate surface area is 82.1 Å². The maximum absolute atomic E-state index is 2.52. The number of rotatable bonds is 3. The van der Waals surface area contributed by atoms with Gasteiger partial charge in [-0.05, 0) is 32.3 Å². The molecule has 0 bridgehead atoms. The van der Waals surface area contributed by atoms with Gasteiger partial charge in [0.25, 0.3) is 0 Å². The van der Waals surface area contributed by atoms with E-state index in [1.165, 1.54) is 29.8 Å². The quantitative estimate of drug-likeness (QED) is 0.642. The molecule has 0 aliphatic carbocycles. The number of hydrogen-bond acceptors (Lipinski definition) is 1. The van der Waals surface area contributed by atoms with Crippen molar-refractivity contribution in [1.82, 2.24) is 4.90 Å². The minimum Gasteiger partial charge on any atom is -0.371 e. The van der Waals surface area contributed by atoms with E-state index in [2.05, 4.69) is 38.7 Å². The van der Waals surface area contributed by atoms with Crippen LogP contribution in [0.25, 0.3) is 0 Å². The SMILES string of the molecule is CCCN1CC(C)=CC(C)=C1CC. The summed E-state index contributed by atoms with van der Waals surface area (Å²) in [7, 11) is 0. The minimum absolute atomic E-state index is 1.13. The number of hydrogen-bond donors (Lipinski definition) is 0. The molecule has 0 unspecified atom stereocenters. The van der Waals surface area contributed by atoms with Gasteiger partial charge in [0.2, 0.25) is 0 Å². The molecule has 0 aromatic carbocycles. The first-order valence-corrected chi connectivity index (χ1v) is 5.30. The first kappa shape index (κ1) is 10.4. The lowest BCUT2D eigenvalue weighted by Crippen LogP contribution is -2.28. The summed E-state index contributed by atoms with van der Waals surface area (Å²) >= 11 is 0. The molecule has 0 atom stereocenters. The van der Waals surface area contributed by atoms with E-state index in [4.69, 9.17) is 0 Å². The van der Waals surface area contributed by atoms with E-state index in [9.17, 15) is 0 Å². The Bertz CT molecular complexity index is 236. The van der Waals surface area contributed by atoms with Crippen LogP contribution < -0.4 is 0 Å². The lowest BCUT2D eigenvalue weighted by Gasteiger charge is -2.31. The molecule has 1 aliphatic rings. The molecule has 0 aromatic heterocycles. The second kappa shape index (κ2) is 4.50. The van der Waals surface area contributed by atoms with Gasteiger partial charge in [0, 0.05) is 18.8 Å². The van der Waals surface area contributed by atoms with Gasteiger partial charge in [0.1, 0.15) is 0 Å². The average Bonchev–Trinajstić information content (AvgIpc) is 2.04. The molecule has 0 spiro atoms. The van der Waals surface area contributed by atoms with Crippen molar-refractivity contribution >= 4 is 0 Å². The summed E-state index contributed by atoms with van der Waals surface area (Å²) in [6, 6.07) is 0. The van der Waals surface area contributed by atoms with E-state index in [0.717, 1.165) is 13.0 Å². The Kier molecular flexibility index (Phi) is 3.58. The van der Waals surface area contributed by atoms with Gasteiger partial charge in [0.15, 0.2) is 0 Å². The summed E-state index contributed by atoms with van der Waals surface area (Å²) < 4.78 is 0. The molecule has 0 saturated heterocycles. The Hall–Kier alpha value is -0.720. The molecular formula is C12H21N. The summed E-state index contributed by atoms with van der Waals surface area (Å²) in [4.78, 5) is 2.52. The van der Waals surface area contributed by atoms with Crippen LogP contribution in [0.3, 0.4) is 0 Å². The molecule has 0 fully saturated rings. The molecule has 1 heteroatoms. The molecule has 0 radical (unpaired) electrons. The molecule has 1 heterocycles. The van der Waals surface area contributed by atoms with E-state index in [-0.39, 0.29) is 0 Å². The summed E-state index contributed by atoms with van der Waals surface area (Å²) in [6.45, 7) is 11.3. The van der Waals surface area contributed by atoms with Crippen LogP contribution in [0.2, 0.25) is 0 Å². The lowest BCUT2D eigenvalue weighted by atomic mass is 10.0. The highest BCUT2D eigenvalue weighted by atomic mass is 15.1. The van der Waals surface area contributed by atoms with Crippen LogP contribution in [0.4, 0.5) is 0 Å². The molecule has 1 nitrogen and oxygen atoms in total. The molecule has 0 aromatic rings. The third-order valence-corrected chi connectivity index (χ3v) is 2.57. The normalized spacial score (nSPS) is 17.8. The molecule has 74 valence electrons. The fraction of sp³-hybridized carbons (Fsp3) is 0.667. The lowest BCUT2D eigenvalue weighted by molar-refractivity contribution is 0.353. The molecule has 13 heavy (non-hydrogen) atoms. The highest BCUT2D eigenvalue weighted by molar-refractivity contribution is 5.31. The van der Waals surface area contributed by atoms with Crippen LogP contribution >= 0.6 is 0 Å². The van der Waals surface area contributed by atoms with E-state index in [1.54, 1.807) is 0 Å². The van der Waals surface area contributed by atoms with Crippen LogP contribution in [0.5, 0.6) is 0 Å². The van der Waals surface area contributed by atoms with Gasteiger partial charge in [-0.1, -0.05) is 25.5 Å². The summed E-state index contributed by atoms with van der Waals surface area (Å²) in [6.07, 6.45) is 4.73. The fourth-order valence-electron chi connectivity index (χ4n) is 2.13. The summed E-state index contributed by atoms with van der Waals surface area (Å²) in [5.41, 5.74) is 4.48. The van der Waals surface area contributed by atoms with Crippen LogP contribution in [-0.4, -0.2) is 18.0 Å². The predicted molar refractivity (Wildman–Crippen MR) is 58.6 cm³/mol. The highest BCUT2D eigenvalue weighted by Crippen LogP contribution is 2.22. The van der Waals surface area contributed by atoms with Crippen molar-refractivity contribution in [2.75, 3.05) is 13.1 Å². The minimum atomic E-state index is 1.13. The molecule has 0 saturated carbocycles. The van der Waals surface area contributed by atoms with Crippen LogP contribution in [0, 0.1) is 0 Å². The Morgan fingerprint density at radius 3 is 2.54 bits per heavy atom. The van der Waals surface area contributed by atoms with Gasteiger partial charge < -0.3 is 4.90 Å². The van der Waals surface area contributed by atoms with Gasteiger partial charge >= 0.3 is 0 Å². The smallest absolute Gasteiger partial charge is 0.0386 e. The van der Waals surface area contributed by atoms with Crippen molar-refractivity contribution in [1.29, 1.82) is 0 Å². The van der Waals surface area contributed by atoms with Crippen molar-refractivity contribution in [3.8, 4) is 0 Å². The molecule has 1 rings (SSSR count). The second-order valence-corrected chi connectivity index (χ2v) is 3.90. The topological polar surface area (TPSA) is 3.24 Å². The van der Waals surface area contributed by atoms with Crippen LogP contribution in [-0.2, 0) is 0 Å². The first-order chi connectivity index (χ1) is 6.19. The molecule has 0 amide bonds. The van der Waals surface area contributed by atoms with E-state index in [1.807, 2.05) is 0 Å². The Morgan fingerprint density at radius 1 is 1.31 bits per heavy atom. The van der Waals surface area contributed by atoms with Gasteiger partial charge in [-0.15, -0.1) is 0 Å². The van der Waals surface area contributed by atoms with Crippen LogP contribution in [0.15, 0.2) is 22.9 Å². The standard InChI is InChI=1S/C12H21N/c1-5-7-13-9-10(3)8-11(4)12(13)6-2/h8H,5-7,9H2,1-4H3. The molecule has 0 N–H and O–H groups in total. The van der Waals surface area contributed by atoms with E-state index >= 15 is 0 Å². The summed E-state index contributed by atoms with van der Waals surface area (Å²) in [5.74, 6) is 0. The zero-order chi connectivity index (χ0) is 9.84. The van der Waals surface area contributed by atoms with Crippen molar-refractivity contribution in [2.24, 2.45) is 0 Å². The van der Waals surface area contributed by atoms with Gasteiger partial charge in [-0.3, -0.25) is 0 Å². The van der Waals surface area contributed by atoms with Gasteiger partial charge in [0.05, 0.1) is 0 Å². The average molecular weight is 179 g/mol. The maximum Gasteiger partial charge on any atom is 0.0386 e. The maximum atomic E-state index is 2.52. The van der Waals surface area contributed by atoms with Crippen molar-refractivity contribution in [2.45, 2.75) is 40.5 Å². The first-order valence-electron chi connectivity index (χ1n) is 5.30. The largest absolute Gasteiger partial charge is 0.371 e. The molecular weight excluding hydrogens is 158 g/mol. The predicted octanol–water partition coefficient (Wildman–Crippen LogP) is 3.34. The Balaban J connectivity index is 2.83. The van der Waals surface area contributed by atoms with Crippen molar-refractivity contribution < 1.29 is 0 Å². The van der Waals surface area contributed by atoms with Gasteiger partial charge in [-0.2, -0.15) is 0 Å². The summed E-state index contributed by atoms with van der Waals surface area (Å²) in [5, 5.41) is 0. The zero-order valence-electron chi connectivity index (χ0n) is 9.35. The zero-order valence-corrected chi connectivity index (χ0v) is 9.35.